The molecular weight excluding hydrogens is 333 g/mol. The Labute approximate surface area is 144 Å². The number of halogens is 2. The summed E-state index contributed by atoms with van der Waals surface area (Å²) in [4.78, 5) is 27.0. The second kappa shape index (κ2) is 6.34. The van der Waals surface area contributed by atoms with Crippen molar-refractivity contribution in [3.8, 4) is 0 Å². The first-order chi connectivity index (χ1) is 11.0. The van der Waals surface area contributed by atoms with E-state index in [0.717, 1.165) is 0 Å². The van der Waals surface area contributed by atoms with Gasteiger partial charge in [0.25, 0.3) is 0 Å². The fourth-order valence-electron chi connectivity index (χ4n) is 2.97. The predicted molar refractivity (Wildman–Crippen MR) is 92.3 cm³/mol. The normalized spacial score (nSPS) is 20.8. The van der Waals surface area contributed by atoms with Crippen LogP contribution in [0.3, 0.4) is 0 Å². The van der Waals surface area contributed by atoms with E-state index in [0.29, 0.717) is 27.7 Å². The van der Waals surface area contributed by atoms with Gasteiger partial charge in [-0.1, -0.05) is 53.5 Å². The Morgan fingerprint density at radius 3 is 2.43 bits per heavy atom. The zero-order chi connectivity index (χ0) is 16.6. The molecule has 3 nitrogen and oxygen atoms in total. The second-order valence-corrected chi connectivity index (χ2v) is 6.49. The third kappa shape index (κ3) is 2.99. The zero-order valence-corrected chi connectivity index (χ0v) is 14.0. The molecule has 0 N–H and O–H groups in total. The summed E-state index contributed by atoms with van der Waals surface area (Å²) in [7, 11) is 0. The molecule has 3 rings (SSSR count). The van der Waals surface area contributed by atoms with Crippen LogP contribution < -0.4 is 4.90 Å². The molecule has 2 aromatic carbocycles. The van der Waals surface area contributed by atoms with Gasteiger partial charge in [0.2, 0.25) is 5.91 Å². The Morgan fingerprint density at radius 1 is 1.09 bits per heavy atom. The van der Waals surface area contributed by atoms with Crippen LogP contribution in [-0.4, -0.2) is 17.7 Å². The van der Waals surface area contributed by atoms with Gasteiger partial charge >= 0.3 is 0 Å². The first kappa shape index (κ1) is 16.0. The fraction of sp³-hybridized carbons (Fsp3) is 0.222. The largest absolute Gasteiger partial charge is 0.309 e. The summed E-state index contributed by atoms with van der Waals surface area (Å²) in [5, 5.41) is 0.827. The molecule has 1 saturated heterocycles. The van der Waals surface area contributed by atoms with Gasteiger partial charge in [-0.2, -0.15) is 0 Å². The third-order valence-corrected chi connectivity index (χ3v) is 4.85. The third-order valence-electron chi connectivity index (χ3n) is 4.11. The average Bonchev–Trinajstić information content (AvgIpc) is 2.85. The molecule has 2 aromatic rings. The number of ketones is 1. The van der Waals surface area contributed by atoms with E-state index in [1.807, 2.05) is 13.0 Å². The molecule has 1 fully saturated rings. The van der Waals surface area contributed by atoms with Gasteiger partial charge in [-0.25, -0.2) is 0 Å². The lowest BCUT2D eigenvalue weighted by Crippen LogP contribution is -2.33. The van der Waals surface area contributed by atoms with Crippen molar-refractivity contribution in [2.75, 3.05) is 4.90 Å². The van der Waals surface area contributed by atoms with E-state index in [9.17, 15) is 9.59 Å². The van der Waals surface area contributed by atoms with Crippen LogP contribution in [0.4, 0.5) is 5.69 Å². The monoisotopic (exact) mass is 347 g/mol. The van der Waals surface area contributed by atoms with Crippen molar-refractivity contribution in [3.05, 3.63) is 64.1 Å². The van der Waals surface area contributed by atoms with E-state index in [1.165, 1.54) is 0 Å². The first-order valence-electron chi connectivity index (χ1n) is 7.36. The summed E-state index contributed by atoms with van der Waals surface area (Å²) in [6.07, 6.45) is 0.493. The Kier molecular flexibility index (Phi) is 4.42. The molecule has 23 heavy (non-hydrogen) atoms. The minimum absolute atomic E-state index is 0.0718. The Balaban J connectivity index is 1.89. The highest BCUT2D eigenvalue weighted by Gasteiger charge is 2.42. The number of anilines is 1. The van der Waals surface area contributed by atoms with E-state index in [4.69, 9.17) is 23.2 Å². The average molecular weight is 348 g/mol. The van der Waals surface area contributed by atoms with Crippen LogP contribution >= 0.6 is 23.2 Å². The summed E-state index contributed by atoms with van der Waals surface area (Å²) < 4.78 is 0. The smallest absolute Gasteiger partial charge is 0.238 e. The number of Topliss-reactive ketones (excluding diaryl/α,β-unsaturated/α-hetero) is 1. The van der Waals surface area contributed by atoms with Crippen molar-refractivity contribution >= 4 is 40.6 Å². The molecule has 1 amide bonds. The summed E-state index contributed by atoms with van der Waals surface area (Å²) in [6, 6.07) is 13.9. The summed E-state index contributed by atoms with van der Waals surface area (Å²) >= 11 is 12.0. The number of nitrogens with zero attached hydrogens (tertiary/aromatic N) is 1. The minimum Gasteiger partial charge on any atom is -0.309 e. The standard InChI is InChI=1S/C18H15Cl2NO2/c1-11-9-14(17(22)12-5-3-2-4-6-12)18(23)21(11)13-7-8-15(19)16(20)10-13/h2-8,10-11,14H,9H2,1H3. The van der Waals surface area contributed by atoms with Crippen LogP contribution in [0.25, 0.3) is 0 Å². The number of hydrogen-bond donors (Lipinski definition) is 0. The topological polar surface area (TPSA) is 37.4 Å². The van der Waals surface area contributed by atoms with Crippen LogP contribution in [0.1, 0.15) is 23.7 Å². The van der Waals surface area contributed by atoms with Crippen molar-refractivity contribution < 1.29 is 9.59 Å². The maximum Gasteiger partial charge on any atom is 0.238 e. The molecule has 1 aliphatic rings. The molecule has 5 heteroatoms. The van der Waals surface area contributed by atoms with Gasteiger partial charge in [0.1, 0.15) is 5.92 Å². The number of benzene rings is 2. The van der Waals surface area contributed by atoms with Crippen molar-refractivity contribution in [3.63, 3.8) is 0 Å². The Bertz CT molecular complexity index is 761. The Hall–Kier alpha value is -1.84. The lowest BCUT2D eigenvalue weighted by molar-refractivity contribution is -0.119. The quantitative estimate of drug-likeness (QED) is 0.600. The van der Waals surface area contributed by atoms with Crippen LogP contribution in [0, 0.1) is 5.92 Å². The molecule has 0 spiro atoms. The van der Waals surface area contributed by atoms with Gasteiger partial charge < -0.3 is 4.90 Å². The molecule has 2 atom stereocenters. The molecule has 1 heterocycles. The van der Waals surface area contributed by atoms with Crippen molar-refractivity contribution in [2.45, 2.75) is 19.4 Å². The van der Waals surface area contributed by atoms with Gasteiger partial charge in [-0.15, -0.1) is 0 Å². The summed E-state index contributed by atoms with van der Waals surface area (Å²) in [5.74, 6) is -0.975. The molecule has 0 aromatic heterocycles. The van der Waals surface area contributed by atoms with E-state index >= 15 is 0 Å². The number of rotatable bonds is 3. The highest BCUT2D eigenvalue weighted by molar-refractivity contribution is 6.42. The van der Waals surface area contributed by atoms with Crippen molar-refractivity contribution in [1.82, 2.24) is 0 Å². The number of hydrogen-bond acceptors (Lipinski definition) is 2. The maximum atomic E-state index is 12.8. The number of carbonyl (C=O) groups excluding carboxylic acids is 2. The van der Waals surface area contributed by atoms with Gasteiger partial charge in [0.15, 0.2) is 5.78 Å². The lowest BCUT2D eigenvalue weighted by atomic mass is 9.95. The second-order valence-electron chi connectivity index (χ2n) is 5.67. The highest BCUT2D eigenvalue weighted by Crippen LogP contribution is 2.35. The Morgan fingerprint density at radius 2 is 1.78 bits per heavy atom. The molecule has 0 saturated carbocycles. The van der Waals surface area contributed by atoms with Crippen LogP contribution in [0.15, 0.2) is 48.5 Å². The summed E-state index contributed by atoms with van der Waals surface area (Å²) in [5.41, 5.74) is 1.23. The molecular formula is C18H15Cl2NO2. The number of carbonyl (C=O) groups is 2. The van der Waals surface area contributed by atoms with E-state index in [2.05, 4.69) is 0 Å². The molecule has 0 radical (unpaired) electrons. The van der Waals surface area contributed by atoms with E-state index in [1.54, 1.807) is 47.4 Å². The summed E-state index contributed by atoms with van der Waals surface area (Å²) in [6.45, 7) is 1.93. The van der Waals surface area contributed by atoms with Gasteiger partial charge in [-0.3, -0.25) is 9.59 Å². The van der Waals surface area contributed by atoms with Crippen LogP contribution in [0.5, 0.6) is 0 Å². The molecule has 0 bridgehead atoms. The molecule has 0 aliphatic carbocycles. The maximum absolute atomic E-state index is 12.8. The van der Waals surface area contributed by atoms with E-state index in [-0.39, 0.29) is 17.7 Å². The molecule has 118 valence electrons. The van der Waals surface area contributed by atoms with Gasteiger partial charge in [0, 0.05) is 17.3 Å². The SMILES string of the molecule is CC1CC(C(=O)c2ccccc2)C(=O)N1c1ccc(Cl)c(Cl)c1. The minimum atomic E-state index is -0.651. The van der Waals surface area contributed by atoms with Gasteiger partial charge in [-0.05, 0) is 31.5 Å². The first-order valence-corrected chi connectivity index (χ1v) is 8.12. The van der Waals surface area contributed by atoms with Gasteiger partial charge in [0.05, 0.1) is 10.0 Å². The molecule has 2 unspecified atom stereocenters. The highest BCUT2D eigenvalue weighted by atomic mass is 35.5. The van der Waals surface area contributed by atoms with Crippen LogP contribution in [0.2, 0.25) is 10.0 Å². The van der Waals surface area contributed by atoms with E-state index < -0.39 is 5.92 Å². The predicted octanol–water partition coefficient (Wildman–Crippen LogP) is 4.62. The number of amides is 1. The molecule has 1 aliphatic heterocycles. The van der Waals surface area contributed by atoms with Crippen LogP contribution in [-0.2, 0) is 4.79 Å². The lowest BCUT2D eigenvalue weighted by Gasteiger charge is -2.22. The van der Waals surface area contributed by atoms with Crippen molar-refractivity contribution in [2.24, 2.45) is 5.92 Å². The van der Waals surface area contributed by atoms with Crippen molar-refractivity contribution in [1.29, 1.82) is 0 Å². The fourth-order valence-corrected chi connectivity index (χ4v) is 3.26. The zero-order valence-electron chi connectivity index (χ0n) is 12.5.